The minimum Gasteiger partial charge on any atom is -0.392 e. The van der Waals surface area contributed by atoms with E-state index in [4.69, 9.17) is 4.74 Å². The van der Waals surface area contributed by atoms with Gasteiger partial charge in [-0.05, 0) is 37.0 Å². The summed E-state index contributed by atoms with van der Waals surface area (Å²) < 4.78 is 5.18. The highest BCUT2D eigenvalue weighted by Crippen LogP contribution is 2.42. The third kappa shape index (κ3) is 3.21. The molecule has 2 aliphatic carbocycles. The Kier molecular flexibility index (Phi) is 4.11. The monoisotopic (exact) mass is 241 g/mol. The van der Waals surface area contributed by atoms with Gasteiger partial charge in [0.05, 0.1) is 12.7 Å². The van der Waals surface area contributed by atoms with E-state index < -0.39 is 0 Å². The molecule has 0 heterocycles. The van der Waals surface area contributed by atoms with E-state index >= 15 is 0 Å². The van der Waals surface area contributed by atoms with Gasteiger partial charge in [-0.3, -0.25) is 4.90 Å². The number of hydrogen-bond donors (Lipinski definition) is 1. The van der Waals surface area contributed by atoms with Crippen LogP contribution in [0.25, 0.3) is 0 Å². The Bertz CT molecular complexity index is 251. The Morgan fingerprint density at radius 2 is 2.00 bits per heavy atom. The van der Waals surface area contributed by atoms with E-state index in [2.05, 4.69) is 18.7 Å². The van der Waals surface area contributed by atoms with Crippen LogP contribution in [-0.4, -0.2) is 49.0 Å². The first kappa shape index (κ1) is 13.3. The summed E-state index contributed by atoms with van der Waals surface area (Å²) in [6, 6.07) is 0.765. The van der Waals surface area contributed by atoms with Gasteiger partial charge in [0.15, 0.2) is 0 Å². The van der Waals surface area contributed by atoms with Gasteiger partial charge >= 0.3 is 0 Å². The highest BCUT2D eigenvalue weighted by atomic mass is 16.5. The molecule has 0 aromatic rings. The van der Waals surface area contributed by atoms with Crippen molar-refractivity contribution in [1.29, 1.82) is 0 Å². The summed E-state index contributed by atoms with van der Waals surface area (Å²) in [6.45, 7) is 7.26. The highest BCUT2D eigenvalue weighted by molar-refractivity contribution is 4.94. The fourth-order valence-corrected chi connectivity index (χ4v) is 3.06. The lowest BCUT2D eigenvalue weighted by atomic mass is 9.87. The van der Waals surface area contributed by atoms with Gasteiger partial charge in [0.25, 0.3) is 0 Å². The Morgan fingerprint density at radius 1 is 1.29 bits per heavy atom. The second-order valence-electron chi connectivity index (χ2n) is 6.45. The average molecular weight is 241 g/mol. The molecule has 0 amide bonds. The summed E-state index contributed by atoms with van der Waals surface area (Å²) >= 11 is 0. The third-order valence-electron chi connectivity index (χ3n) is 4.52. The van der Waals surface area contributed by atoms with Gasteiger partial charge in [-0.25, -0.2) is 0 Å². The predicted molar refractivity (Wildman–Crippen MR) is 69.0 cm³/mol. The quantitative estimate of drug-likeness (QED) is 0.771. The highest BCUT2D eigenvalue weighted by Gasteiger charge is 2.42. The van der Waals surface area contributed by atoms with Crippen LogP contribution >= 0.6 is 0 Å². The van der Waals surface area contributed by atoms with Crippen molar-refractivity contribution >= 4 is 0 Å². The van der Waals surface area contributed by atoms with Gasteiger partial charge < -0.3 is 9.84 Å². The lowest BCUT2D eigenvalue weighted by Crippen LogP contribution is -2.39. The van der Waals surface area contributed by atoms with E-state index in [0.29, 0.717) is 5.92 Å². The first-order chi connectivity index (χ1) is 8.04. The van der Waals surface area contributed by atoms with Crippen LogP contribution in [0.4, 0.5) is 0 Å². The molecule has 2 rings (SSSR count). The number of rotatable bonds is 6. The Balaban J connectivity index is 1.85. The number of nitrogens with zero attached hydrogens (tertiary/aromatic N) is 1. The lowest BCUT2D eigenvalue weighted by molar-refractivity contribution is 0.0278. The molecule has 3 heteroatoms. The van der Waals surface area contributed by atoms with Crippen molar-refractivity contribution in [3.63, 3.8) is 0 Å². The first-order valence-electron chi connectivity index (χ1n) is 6.95. The molecule has 2 fully saturated rings. The van der Waals surface area contributed by atoms with Gasteiger partial charge in [-0.1, -0.05) is 13.8 Å². The minimum atomic E-state index is -0.133. The van der Waals surface area contributed by atoms with E-state index in [1.54, 1.807) is 7.11 Å². The van der Waals surface area contributed by atoms with Gasteiger partial charge in [-0.15, -0.1) is 0 Å². The molecule has 2 atom stereocenters. The number of ether oxygens (including phenoxy) is 1. The van der Waals surface area contributed by atoms with Crippen molar-refractivity contribution in [2.45, 2.75) is 51.7 Å². The number of hydrogen-bond acceptors (Lipinski definition) is 3. The van der Waals surface area contributed by atoms with Crippen molar-refractivity contribution < 1.29 is 9.84 Å². The first-order valence-corrected chi connectivity index (χ1v) is 6.95. The molecule has 0 bridgehead atoms. The Hall–Kier alpha value is -0.120. The number of methoxy groups -OCH3 is 1. The number of aliphatic hydroxyl groups excluding tert-OH is 1. The molecule has 2 aliphatic rings. The summed E-state index contributed by atoms with van der Waals surface area (Å²) in [6.07, 6.45) is 4.85. The average Bonchev–Trinajstić information content (AvgIpc) is 3.08. The molecule has 0 aliphatic heterocycles. The number of aliphatic hydroxyl groups is 1. The zero-order valence-electron chi connectivity index (χ0n) is 11.5. The zero-order chi connectivity index (χ0) is 12.5. The van der Waals surface area contributed by atoms with Crippen LogP contribution in [0.2, 0.25) is 0 Å². The molecule has 0 saturated heterocycles. The molecule has 0 aromatic carbocycles. The zero-order valence-corrected chi connectivity index (χ0v) is 11.5. The molecule has 0 aromatic heterocycles. The molecular weight excluding hydrogens is 214 g/mol. The van der Waals surface area contributed by atoms with Crippen LogP contribution in [0.1, 0.15) is 39.5 Å². The minimum absolute atomic E-state index is 0.112. The van der Waals surface area contributed by atoms with E-state index in [1.807, 2.05) is 0 Å². The van der Waals surface area contributed by atoms with Crippen molar-refractivity contribution in [2.75, 3.05) is 26.8 Å². The smallest absolute Gasteiger partial charge is 0.0631 e. The molecule has 17 heavy (non-hydrogen) atoms. The second kappa shape index (κ2) is 5.25. The van der Waals surface area contributed by atoms with Gasteiger partial charge in [0, 0.05) is 26.2 Å². The van der Waals surface area contributed by atoms with E-state index in [0.717, 1.165) is 32.2 Å². The van der Waals surface area contributed by atoms with E-state index in [9.17, 15) is 5.11 Å². The van der Waals surface area contributed by atoms with Crippen LogP contribution in [0.3, 0.4) is 0 Å². The normalized spacial score (nSPS) is 32.3. The summed E-state index contributed by atoms with van der Waals surface area (Å²) in [5.41, 5.74) is 0.112. The van der Waals surface area contributed by atoms with E-state index in [-0.39, 0.29) is 11.5 Å². The molecular formula is C14H27NO2. The van der Waals surface area contributed by atoms with E-state index in [1.165, 1.54) is 19.3 Å². The molecule has 2 unspecified atom stereocenters. The largest absolute Gasteiger partial charge is 0.392 e. The topological polar surface area (TPSA) is 32.7 Å². The molecule has 3 nitrogen and oxygen atoms in total. The van der Waals surface area contributed by atoms with Crippen molar-refractivity contribution in [3.05, 3.63) is 0 Å². The van der Waals surface area contributed by atoms with Gasteiger partial charge in [0.2, 0.25) is 0 Å². The molecule has 0 radical (unpaired) electrons. The second-order valence-corrected chi connectivity index (χ2v) is 6.45. The summed E-state index contributed by atoms with van der Waals surface area (Å²) in [5.74, 6) is 0.461. The maximum absolute atomic E-state index is 10.3. The SMILES string of the molecule is COCCN(CC1CCC(C)(C)C1O)C1CC1. The molecule has 0 spiro atoms. The summed E-state index contributed by atoms with van der Waals surface area (Å²) in [7, 11) is 1.76. The molecule has 1 N–H and O–H groups in total. The standard InChI is InChI=1S/C14H27NO2/c1-14(2)7-6-11(13(14)16)10-15(8-9-17-3)12-4-5-12/h11-13,16H,4-10H2,1-3H3. The van der Waals surface area contributed by atoms with Crippen molar-refractivity contribution in [2.24, 2.45) is 11.3 Å². The Labute approximate surface area is 105 Å². The third-order valence-corrected chi connectivity index (χ3v) is 4.52. The fourth-order valence-electron chi connectivity index (χ4n) is 3.06. The Morgan fingerprint density at radius 3 is 2.47 bits per heavy atom. The lowest BCUT2D eigenvalue weighted by Gasteiger charge is -2.30. The van der Waals surface area contributed by atoms with Crippen LogP contribution < -0.4 is 0 Å². The van der Waals surface area contributed by atoms with Crippen molar-refractivity contribution in [1.82, 2.24) is 4.90 Å². The van der Waals surface area contributed by atoms with Crippen LogP contribution in [0.15, 0.2) is 0 Å². The van der Waals surface area contributed by atoms with Crippen LogP contribution in [-0.2, 0) is 4.74 Å². The van der Waals surface area contributed by atoms with Gasteiger partial charge in [-0.2, -0.15) is 0 Å². The van der Waals surface area contributed by atoms with Gasteiger partial charge in [0.1, 0.15) is 0 Å². The summed E-state index contributed by atoms with van der Waals surface area (Å²) in [4.78, 5) is 2.53. The van der Waals surface area contributed by atoms with Crippen molar-refractivity contribution in [3.8, 4) is 0 Å². The molecule has 100 valence electrons. The maximum atomic E-state index is 10.3. The predicted octanol–water partition coefficient (Wildman–Crippen LogP) is 1.89. The van der Waals surface area contributed by atoms with Crippen LogP contribution in [0.5, 0.6) is 0 Å². The van der Waals surface area contributed by atoms with Crippen LogP contribution in [0, 0.1) is 11.3 Å². The fraction of sp³-hybridized carbons (Fsp3) is 1.00. The summed E-state index contributed by atoms with van der Waals surface area (Å²) in [5, 5.41) is 10.3. The maximum Gasteiger partial charge on any atom is 0.0631 e. The molecule has 2 saturated carbocycles.